The summed E-state index contributed by atoms with van der Waals surface area (Å²) in [5.74, 6) is -0.334. The van der Waals surface area contributed by atoms with Gasteiger partial charge in [0.15, 0.2) is 0 Å². The molecule has 0 aliphatic rings. The van der Waals surface area contributed by atoms with E-state index in [0.717, 1.165) is 16.3 Å². The second-order valence-corrected chi connectivity index (χ2v) is 7.07. The Morgan fingerprint density at radius 1 is 1.04 bits per heavy atom. The first kappa shape index (κ1) is 18.2. The molecule has 0 aliphatic heterocycles. The fraction of sp³-hybridized carbons (Fsp3) is 0.0909. The van der Waals surface area contributed by atoms with Gasteiger partial charge in [0, 0.05) is 11.6 Å². The number of carbonyl (C=O) groups is 1. The van der Waals surface area contributed by atoms with Gasteiger partial charge in [-0.05, 0) is 46.3 Å². The third kappa shape index (κ3) is 3.50. The Bertz CT molecular complexity index is 1240. The van der Waals surface area contributed by atoms with Crippen molar-refractivity contribution in [1.29, 1.82) is 0 Å². The fourth-order valence-electron chi connectivity index (χ4n) is 3.33. The normalized spacial score (nSPS) is 12.2. The number of aromatic amines is 1. The smallest absolute Gasteiger partial charge is 0.255 e. The SMILES string of the molecule is NC(Cc1cccc2ccccc12)C(=O)Nc1cc2cc[nH]c(=O)c2cc1Cl. The maximum absolute atomic E-state index is 12.6. The summed E-state index contributed by atoms with van der Waals surface area (Å²) in [5, 5.41) is 6.41. The molecule has 0 saturated carbocycles. The van der Waals surface area contributed by atoms with Crippen LogP contribution >= 0.6 is 11.6 Å². The van der Waals surface area contributed by atoms with Gasteiger partial charge in [0.2, 0.25) is 5.91 Å². The molecule has 1 atom stereocenters. The second kappa shape index (κ2) is 7.46. The van der Waals surface area contributed by atoms with Crippen LogP contribution in [0.2, 0.25) is 5.02 Å². The minimum Gasteiger partial charge on any atom is -0.329 e. The molecule has 0 aliphatic carbocycles. The summed E-state index contributed by atoms with van der Waals surface area (Å²) in [6.45, 7) is 0. The quantitative estimate of drug-likeness (QED) is 0.493. The third-order valence-electron chi connectivity index (χ3n) is 4.78. The number of aromatic nitrogens is 1. The number of hydrogen-bond donors (Lipinski definition) is 3. The van der Waals surface area contributed by atoms with E-state index < -0.39 is 6.04 Å². The first-order valence-electron chi connectivity index (χ1n) is 8.87. The maximum Gasteiger partial charge on any atom is 0.255 e. The van der Waals surface area contributed by atoms with Gasteiger partial charge in [0.25, 0.3) is 5.56 Å². The number of nitrogens with two attached hydrogens (primary N) is 1. The van der Waals surface area contributed by atoms with Crippen molar-refractivity contribution in [3.8, 4) is 0 Å². The Morgan fingerprint density at radius 3 is 2.68 bits per heavy atom. The molecule has 0 radical (unpaired) electrons. The first-order chi connectivity index (χ1) is 13.5. The Labute approximate surface area is 166 Å². The number of nitrogens with one attached hydrogen (secondary N) is 2. The lowest BCUT2D eigenvalue weighted by molar-refractivity contribution is -0.117. The molecule has 0 spiro atoms. The zero-order valence-corrected chi connectivity index (χ0v) is 15.7. The fourth-order valence-corrected chi connectivity index (χ4v) is 3.54. The Kier molecular flexibility index (Phi) is 4.86. The summed E-state index contributed by atoms with van der Waals surface area (Å²) < 4.78 is 0. The maximum atomic E-state index is 12.6. The summed E-state index contributed by atoms with van der Waals surface area (Å²) in [7, 11) is 0. The van der Waals surface area contributed by atoms with E-state index in [-0.39, 0.29) is 16.5 Å². The molecule has 0 fully saturated rings. The van der Waals surface area contributed by atoms with Gasteiger partial charge < -0.3 is 16.0 Å². The molecule has 1 aromatic heterocycles. The number of fused-ring (bicyclic) bond motifs is 2. The van der Waals surface area contributed by atoms with Gasteiger partial charge in [0.1, 0.15) is 0 Å². The van der Waals surface area contributed by atoms with Gasteiger partial charge in [-0.1, -0.05) is 54.1 Å². The van der Waals surface area contributed by atoms with Crippen molar-refractivity contribution >= 4 is 44.7 Å². The second-order valence-electron chi connectivity index (χ2n) is 6.66. The molecule has 4 rings (SSSR count). The Morgan fingerprint density at radius 2 is 1.82 bits per heavy atom. The molecular weight excluding hydrogens is 374 g/mol. The van der Waals surface area contributed by atoms with Crippen molar-refractivity contribution in [1.82, 2.24) is 4.98 Å². The average molecular weight is 392 g/mol. The van der Waals surface area contributed by atoms with Crippen molar-refractivity contribution in [3.63, 3.8) is 0 Å². The standard InChI is InChI=1S/C22H18ClN3O2/c23-18-12-17-15(8-9-25-21(17)27)11-20(18)26-22(28)19(24)10-14-6-3-5-13-4-1-2-7-16(13)14/h1-9,11-12,19H,10,24H2,(H,25,27)(H,26,28). The highest BCUT2D eigenvalue weighted by atomic mass is 35.5. The molecule has 140 valence electrons. The molecule has 5 nitrogen and oxygen atoms in total. The van der Waals surface area contributed by atoms with Crippen LogP contribution in [0.1, 0.15) is 5.56 Å². The van der Waals surface area contributed by atoms with Gasteiger partial charge in [-0.15, -0.1) is 0 Å². The van der Waals surface area contributed by atoms with Crippen molar-refractivity contribution < 1.29 is 4.79 Å². The summed E-state index contributed by atoms with van der Waals surface area (Å²) in [4.78, 5) is 27.1. The number of amides is 1. The number of benzene rings is 3. The molecule has 1 amide bonds. The molecule has 28 heavy (non-hydrogen) atoms. The van der Waals surface area contributed by atoms with Crippen LogP contribution < -0.4 is 16.6 Å². The molecule has 1 heterocycles. The van der Waals surface area contributed by atoms with E-state index in [4.69, 9.17) is 17.3 Å². The van der Waals surface area contributed by atoms with Gasteiger partial charge >= 0.3 is 0 Å². The zero-order chi connectivity index (χ0) is 19.7. The van der Waals surface area contributed by atoms with E-state index in [0.29, 0.717) is 22.9 Å². The molecule has 0 bridgehead atoms. The van der Waals surface area contributed by atoms with E-state index >= 15 is 0 Å². The molecule has 4 N–H and O–H groups in total. The molecule has 4 aromatic rings. The van der Waals surface area contributed by atoms with E-state index in [9.17, 15) is 9.59 Å². The van der Waals surface area contributed by atoms with Crippen molar-refractivity contribution in [2.24, 2.45) is 5.73 Å². The summed E-state index contributed by atoms with van der Waals surface area (Å²) in [6, 6.07) is 18.2. The minimum atomic E-state index is -0.739. The van der Waals surface area contributed by atoms with E-state index in [1.54, 1.807) is 24.4 Å². The molecule has 3 aromatic carbocycles. The van der Waals surface area contributed by atoms with Crippen LogP contribution in [0.15, 0.2) is 71.7 Å². The van der Waals surface area contributed by atoms with Crippen LogP contribution in [-0.4, -0.2) is 16.9 Å². The average Bonchev–Trinajstić information content (AvgIpc) is 2.69. The van der Waals surface area contributed by atoms with Crippen molar-refractivity contribution in [2.75, 3.05) is 5.32 Å². The third-order valence-corrected chi connectivity index (χ3v) is 5.09. The summed E-state index contributed by atoms with van der Waals surface area (Å²) in [6.07, 6.45) is 1.95. The zero-order valence-electron chi connectivity index (χ0n) is 14.9. The minimum absolute atomic E-state index is 0.232. The molecular formula is C22H18ClN3O2. The number of hydrogen-bond acceptors (Lipinski definition) is 3. The van der Waals surface area contributed by atoms with Gasteiger partial charge in [-0.2, -0.15) is 0 Å². The number of pyridine rings is 1. The van der Waals surface area contributed by atoms with E-state index in [1.807, 2.05) is 42.5 Å². The van der Waals surface area contributed by atoms with E-state index in [1.165, 1.54) is 0 Å². The Balaban J connectivity index is 1.57. The molecule has 0 saturated heterocycles. The van der Waals surface area contributed by atoms with Crippen LogP contribution in [0.3, 0.4) is 0 Å². The summed E-state index contributed by atoms with van der Waals surface area (Å²) in [5.41, 5.74) is 7.37. The lowest BCUT2D eigenvalue weighted by atomic mass is 9.99. The predicted molar refractivity (Wildman–Crippen MR) is 114 cm³/mol. The number of carbonyl (C=O) groups excluding carboxylic acids is 1. The largest absolute Gasteiger partial charge is 0.329 e. The molecule has 6 heteroatoms. The van der Waals surface area contributed by atoms with E-state index in [2.05, 4.69) is 10.3 Å². The number of halogens is 1. The highest BCUT2D eigenvalue weighted by Gasteiger charge is 2.17. The highest BCUT2D eigenvalue weighted by molar-refractivity contribution is 6.34. The topological polar surface area (TPSA) is 88.0 Å². The van der Waals surface area contributed by atoms with Crippen molar-refractivity contribution in [3.05, 3.63) is 87.8 Å². The van der Waals surface area contributed by atoms with Crippen LogP contribution in [0.5, 0.6) is 0 Å². The van der Waals surface area contributed by atoms with Gasteiger partial charge in [-0.25, -0.2) is 0 Å². The van der Waals surface area contributed by atoms with Gasteiger partial charge in [-0.3, -0.25) is 9.59 Å². The number of H-pyrrole nitrogens is 1. The van der Waals surface area contributed by atoms with Crippen molar-refractivity contribution in [2.45, 2.75) is 12.5 Å². The summed E-state index contributed by atoms with van der Waals surface area (Å²) >= 11 is 6.25. The monoisotopic (exact) mass is 391 g/mol. The lowest BCUT2D eigenvalue weighted by Crippen LogP contribution is -2.37. The molecule has 1 unspecified atom stereocenters. The highest BCUT2D eigenvalue weighted by Crippen LogP contribution is 2.27. The Hall–Kier alpha value is -3.15. The van der Waals surface area contributed by atoms with Crippen LogP contribution in [-0.2, 0) is 11.2 Å². The van der Waals surface area contributed by atoms with Crippen LogP contribution in [0.4, 0.5) is 5.69 Å². The predicted octanol–water partition coefficient (Wildman–Crippen LogP) is 3.84. The first-order valence-corrected chi connectivity index (χ1v) is 9.25. The number of rotatable bonds is 4. The lowest BCUT2D eigenvalue weighted by Gasteiger charge is -2.15. The van der Waals surface area contributed by atoms with Crippen LogP contribution in [0, 0.1) is 0 Å². The van der Waals surface area contributed by atoms with Crippen LogP contribution in [0.25, 0.3) is 21.5 Å². The number of anilines is 1. The van der Waals surface area contributed by atoms with Gasteiger partial charge in [0.05, 0.1) is 16.8 Å².